The lowest BCUT2D eigenvalue weighted by molar-refractivity contribution is 0.0963. The van der Waals surface area contributed by atoms with Crippen molar-refractivity contribution in [1.82, 2.24) is 10.6 Å². The third-order valence-electron chi connectivity index (χ3n) is 2.43. The standard InChI is InChI=1S/C13H19N3O3/c1-9(8-19-3)15-13(18)16-11-6-4-10(5-7-11)12(17)14-2/h4-7,9H,8H2,1-3H3,(H,14,17)(H2,15,16,18)/t9-/m0/s1. The molecule has 3 N–H and O–H groups in total. The van der Waals surface area contributed by atoms with E-state index in [-0.39, 0.29) is 18.0 Å². The van der Waals surface area contributed by atoms with Crippen molar-refractivity contribution >= 4 is 17.6 Å². The average molecular weight is 265 g/mol. The highest BCUT2D eigenvalue weighted by Gasteiger charge is 2.07. The van der Waals surface area contributed by atoms with Gasteiger partial charge in [0.05, 0.1) is 12.6 Å². The first kappa shape index (κ1) is 15.0. The monoisotopic (exact) mass is 265 g/mol. The fourth-order valence-corrected chi connectivity index (χ4v) is 1.53. The van der Waals surface area contributed by atoms with Crippen LogP contribution in [-0.4, -0.2) is 38.7 Å². The Balaban J connectivity index is 2.53. The maximum Gasteiger partial charge on any atom is 0.319 e. The molecule has 0 aliphatic rings. The van der Waals surface area contributed by atoms with Crippen LogP contribution in [-0.2, 0) is 4.74 Å². The van der Waals surface area contributed by atoms with Gasteiger partial charge in [0.25, 0.3) is 5.91 Å². The predicted molar refractivity (Wildman–Crippen MR) is 73.3 cm³/mol. The number of hydrogen-bond acceptors (Lipinski definition) is 3. The SMILES string of the molecule is CNC(=O)c1ccc(NC(=O)N[C@@H](C)COC)cc1. The van der Waals surface area contributed by atoms with E-state index < -0.39 is 0 Å². The van der Waals surface area contributed by atoms with Crippen molar-refractivity contribution in [3.63, 3.8) is 0 Å². The zero-order chi connectivity index (χ0) is 14.3. The molecule has 104 valence electrons. The van der Waals surface area contributed by atoms with Crippen LogP contribution < -0.4 is 16.0 Å². The zero-order valence-electron chi connectivity index (χ0n) is 11.3. The fourth-order valence-electron chi connectivity index (χ4n) is 1.53. The van der Waals surface area contributed by atoms with Crippen LogP contribution in [0.1, 0.15) is 17.3 Å². The van der Waals surface area contributed by atoms with Crippen molar-refractivity contribution in [2.24, 2.45) is 0 Å². The van der Waals surface area contributed by atoms with Crippen molar-refractivity contribution in [2.45, 2.75) is 13.0 Å². The Morgan fingerprint density at radius 1 is 1.26 bits per heavy atom. The van der Waals surface area contributed by atoms with Gasteiger partial charge in [0.1, 0.15) is 0 Å². The molecule has 3 amide bonds. The molecular formula is C13H19N3O3. The number of anilines is 1. The molecule has 0 aliphatic heterocycles. The quantitative estimate of drug-likeness (QED) is 0.748. The third kappa shape index (κ3) is 4.97. The Morgan fingerprint density at radius 2 is 1.89 bits per heavy atom. The molecule has 6 heteroatoms. The maximum absolute atomic E-state index is 11.6. The minimum Gasteiger partial charge on any atom is -0.383 e. The summed E-state index contributed by atoms with van der Waals surface area (Å²) in [7, 11) is 3.15. The van der Waals surface area contributed by atoms with E-state index in [0.717, 1.165) is 0 Å². The molecule has 0 saturated carbocycles. The molecule has 0 radical (unpaired) electrons. The Labute approximate surface area is 112 Å². The van der Waals surface area contributed by atoms with Crippen molar-refractivity contribution in [3.05, 3.63) is 29.8 Å². The summed E-state index contributed by atoms with van der Waals surface area (Å²) in [6.45, 7) is 2.29. The number of methoxy groups -OCH3 is 1. The first-order chi connectivity index (χ1) is 9.06. The largest absolute Gasteiger partial charge is 0.383 e. The number of urea groups is 1. The lowest BCUT2D eigenvalue weighted by Gasteiger charge is -2.13. The summed E-state index contributed by atoms with van der Waals surface area (Å²) in [6.07, 6.45) is 0. The summed E-state index contributed by atoms with van der Waals surface area (Å²) in [6, 6.07) is 6.25. The van der Waals surface area contributed by atoms with Gasteiger partial charge >= 0.3 is 6.03 Å². The van der Waals surface area contributed by atoms with E-state index in [1.54, 1.807) is 38.4 Å². The first-order valence-electron chi connectivity index (χ1n) is 5.95. The number of benzene rings is 1. The molecule has 0 bridgehead atoms. The molecule has 1 rings (SSSR count). The van der Waals surface area contributed by atoms with Crippen LogP contribution in [0.4, 0.5) is 10.5 Å². The Bertz CT molecular complexity index is 431. The predicted octanol–water partition coefficient (Wildman–Crippen LogP) is 1.20. The number of hydrogen-bond donors (Lipinski definition) is 3. The van der Waals surface area contributed by atoms with E-state index in [1.165, 1.54) is 0 Å². The number of carbonyl (C=O) groups excluding carboxylic acids is 2. The third-order valence-corrected chi connectivity index (χ3v) is 2.43. The first-order valence-corrected chi connectivity index (χ1v) is 5.95. The van der Waals surface area contributed by atoms with Gasteiger partial charge in [0.2, 0.25) is 0 Å². The Hall–Kier alpha value is -2.08. The zero-order valence-corrected chi connectivity index (χ0v) is 11.3. The lowest BCUT2D eigenvalue weighted by atomic mass is 10.2. The van der Waals surface area contributed by atoms with Crippen LogP contribution in [0.5, 0.6) is 0 Å². The molecule has 0 fully saturated rings. The summed E-state index contributed by atoms with van der Waals surface area (Å²) < 4.78 is 4.92. The Morgan fingerprint density at radius 3 is 2.42 bits per heavy atom. The number of ether oxygens (including phenoxy) is 1. The average Bonchev–Trinajstić information content (AvgIpc) is 2.38. The highest BCUT2D eigenvalue weighted by molar-refractivity contribution is 5.95. The summed E-state index contributed by atoms with van der Waals surface area (Å²) >= 11 is 0. The maximum atomic E-state index is 11.6. The summed E-state index contributed by atoms with van der Waals surface area (Å²) in [5.74, 6) is -0.162. The molecule has 0 unspecified atom stereocenters. The molecule has 19 heavy (non-hydrogen) atoms. The van der Waals surface area contributed by atoms with Gasteiger partial charge in [-0.25, -0.2) is 4.79 Å². The second kappa shape index (κ2) is 7.38. The van der Waals surface area contributed by atoms with Gasteiger partial charge < -0.3 is 20.7 Å². The van der Waals surface area contributed by atoms with Crippen LogP contribution in [0.2, 0.25) is 0 Å². The normalized spacial score (nSPS) is 11.5. The topological polar surface area (TPSA) is 79.5 Å². The second-order valence-corrected chi connectivity index (χ2v) is 4.11. The van der Waals surface area contributed by atoms with Gasteiger partial charge in [-0.15, -0.1) is 0 Å². The summed E-state index contributed by atoms with van der Waals surface area (Å²) in [5.41, 5.74) is 1.16. The number of carbonyl (C=O) groups is 2. The lowest BCUT2D eigenvalue weighted by Crippen LogP contribution is -2.38. The van der Waals surface area contributed by atoms with Crippen LogP contribution in [0.15, 0.2) is 24.3 Å². The van der Waals surface area contributed by atoms with Crippen molar-refractivity contribution in [1.29, 1.82) is 0 Å². The highest BCUT2D eigenvalue weighted by atomic mass is 16.5. The van der Waals surface area contributed by atoms with E-state index in [4.69, 9.17) is 4.74 Å². The molecule has 1 aromatic rings. The van der Waals surface area contributed by atoms with Crippen LogP contribution in [0.3, 0.4) is 0 Å². The molecule has 0 saturated heterocycles. The van der Waals surface area contributed by atoms with Gasteiger partial charge in [-0.2, -0.15) is 0 Å². The highest BCUT2D eigenvalue weighted by Crippen LogP contribution is 2.09. The van der Waals surface area contributed by atoms with E-state index in [2.05, 4.69) is 16.0 Å². The molecule has 0 heterocycles. The van der Waals surface area contributed by atoms with Gasteiger partial charge in [-0.1, -0.05) is 0 Å². The molecule has 0 aliphatic carbocycles. The molecule has 1 atom stereocenters. The van der Waals surface area contributed by atoms with Gasteiger partial charge in [0, 0.05) is 25.4 Å². The second-order valence-electron chi connectivity index (χ2n) is 4.11. The Kier molecular flexibility index (Phi) is 5.81. The smallest absolute Gasteiger partial charge is 0.319 e. The van der Waals surface area contributed by atoms with Gasteiger partial charge in [0.15, 0.2) is 0 Å². The van der Waals surface area contributed by atoms with Crippen molar-refractivity contribution < 1.29 is 14.3 Å². The van der Waals surface area contributed by atoms with Crippen LogP contribution >= 0.6 is 0 Å². The van der Waals surface area contributed by atoms with Crippen molar-refractivity contribution in [2.75, 3.05) is 26.1 Å². The number of nitrogens with one attached hydrogen (secondary N) is 3. The molecule has 0 aromatic heterocycles. The minimum atomic E-state index is -0.308. The number of amides is 3. The van der Waals surface area contributed by atoms with E-state index >= 15 is 0 Å². The van der Waals surface area contributed by atoms with Gasteiger partial charge in [-0.3, -0.25) is 4.79 Å². The van der Waals surface area contributed by atoms with E-state index in [1.807, 2.05) is 6.92 Å². The van der Waals surface area contributed by atoms with Crippen LogP contribution in [0.25, 0.3) is 0 Å². The van der Waals surface area contributed by atoms with Crippen LogP contribution in [0, 0.1) is 0 Å². The molecule has 6 nitrogen and oxygen atoms in total. The van der Waals surface area contributed by atoms with E-state index in [9.17, 15) is 9.59 Å². The molecular weight excluding hydrogens is 246 g/mol. The fraction of sp³-hybridized carbons (Fsp3) is 0.385. The van der Waals surface area contributed by atoms with Gasteiger partial charge in [-0.05, 0) is 31.2 Å². The molecule has 1 aromatic carbocycles. The van der Waals surface area contributed by atoms with Crippen molar-refractivity contribution in [3.8, 4) is 0 Å². The van der Waals surface area contributed by atoms with E-state index in [0.29, 0.717) is 17.9 Å². The molecule has 0 spiro atoms. The summed E-state index contributed by atoms with van der Waals surface area (Å²) in [5, 5.41) is 7.93. The minimum absolute atomic E-state index is 0.0739. The summed E-state index contributed by atoms with van der Waals surface area (Å²) in [4.78, 5) is 23.0. The number of rotatable bonds is 5.